The molecule has 0 saturated heterocycles. The first-order valence-electron chi connectivity index (χ1n) is 7.19. The van der Waals surface area contributed by atoms with Gasteiger partial charge >= 0.3 is 0 Å². The quantitative estimate of drug-likeness (QED) is 0.755. The van der Waals surface area contributed by atoms with E-state index in [-0.39, 0.29) is 6.04 Å². The van der Waals surface area contributed by atoms with Crippen LogP contribution < -0.4 is 5.32 Å². The van der Waals surface area contributed by atoms with Crippen LogP contribution >= 0.6 is 0 Å². The minimum Gasteiger partial charge on any atom is -0.348 e. The fourth-order valence-corrected chi connectivity index (χ4v) is 2.95. The van der Waals surface area contributed by atoms with Crippen molar-refractivity contribution in [2.24, 2.45) is 0 Å². The van der Waals surface area contributed by atoms with E-state index in [1.54, 1.807) is 6.33 Å². The van der Waals surface area contributed by atoms with Gasteiger partial charge in [0.05, 0.1) is 18.1 Å². The van der Waals surface area contributed by atoms with Crippen LogP contribution in [0.25, 0.3) is 5.82 Å². The molecule has 0 fully saturated rings. The Bertz CT molecular complexity index is 770. The Labute approximate surface area is 123 Å². The average molecular weight is 279 g/mol. The van der Waals surface area contributed by atoms with Crippen LogP contribution in [0.15, 0.2) is 43.0 Å². The molecular formula is C16H17N5. The summed E-state index contributed by atoms with van der Waals surface area (Å²) < 4.78 is 2.13. The third-order valence-corrected chi connectivity index (χ3v) is 3.97. The summed E-state index contributed by atoms with van der Waals surface area (Å²) in [6, 6.07) is 8.40. The maximum Gasteiger partial charge on any atom is 0.137 e. The number of hydrogen-bond acceptors (Lipinski definition) is 3. The second-order valence-corrected chi connectivity index (χ2v) is 5.40. The molecule has 0 bridgehead atoms. The highest BCUT2D eigenvalue weighted by molar-refractivity contribution is 5.36. The first-order valence-corrected chi connectivity index (χ1v) is 7.19. The minimum atomic E-state index is 0.109. The molecule has 2 N–H and O–H groups in total. The summed E-state index contributed by atoms with van der Waals surface area (Å²) in [6.07, 6.45) is 6.68. The van der Waals surface area contributed by atoms with Gasteiger partial charge in [0.15, 0.2) is 0 Å². The van der Waals surface area contributed by atoms with Gasteiger partial charge in [0, 0.05) is 36.7 Å². The summed E-state index contributed by atoms with van der Waals surface area (Å²) in [5.41, 5.74) is 4.69. The van der Waals surface area contributed by atoms with Crippen LogP contribution in [0.3, 0.4) is 0 Å². The van der Waals surface area contributed by atoms with Crippen LogP contribution in [-0.2, 0) is 6.42 Å². The Balaban J connectivity index is 1.81. The number of nitrogens with one attached hydrogen (secondary N) is 2. The van der Waals surface area contributed by atoms with Crippen LogP contribution in [0.5, 0.6) is 0 Å². The van der Waals surface area contributed by atoms with Gasteiger partial charge in [0.2, 0.25) is 0 Å². The number of aryl methyl sites for hydroxylation is 1. The summed E-state index contributed by atoms with van der Waals surface area (Å²) >= 11 is 0. The lowest BCUT2D eigenvalue weighted by atomic mass is 10.0. The molecule has 21 heavy (non-hydrogen) atoms. The zero-order chi connectivity index (χ0) is 14.2. The van der Waals surface area contributed by atoms with Crippen LogP contribution in [0.4, 0.5) is 0 Å². The second-order valence-electron chi connectivity index (χ2n) is 5.40. The highest BCUT2D eigenvalue weighted by Gasteiger charge is 2.26. The number of aromatic amines is 1. The first kappa shape index (κ1) is 12.3. The van der Waals surface area contributed by atoms with Gasteiger partial charge in [-0.25, -0.2) is 9.97 Å². The number of aromatic nitrogens is 4. The Morgan fingerprint density at radius 3 is 3.14 bits per heavy atom. The van der Waals surface area contributed by atoms with Crippen LogP contribution in [0, 0.1) is 6.92 Å². The van der Waals surface area contributed by atoms with E-state index in [0.29, 0.717) is 0 Å². The van der Waals surface area contributed by atoms with E-state index in [9.17, 15) is 0 Å². The van der Waals surface area contributed by atoms with Crippen LogP contribution in [0.2, 0.25) is 0 Å². The van der Waals surface area contributed by atoms with E-state index in [1.807, 2.05) is 12.3 Å². The highest BCUT2D eigenvalue weighted by Crippen LogP contribution is 2.28. The Hall–Kier alpha value is -2.40. The topological polar surface area (TPSA) is 58.5 Å². The molecule has 1 aliphatic heterocycles. The summed E-state index contributed by atoms with van der Waals surface area (Å²) in [5.74, 6) is 0.944. The molecule has 1 atom stereocenters. The van der Waals surface area contributed by atoms with Gasteiger partial charge in [0.1, 0.15) is 5.82 Å². The van der Waals surface area contributed by atoms with E-state index in [4.69, 9.17) is 0 Å². The van der Waals surface area contributed by atoms with Gasteiger partial charge in [0.25, 0.3) is 0 Å². The van der Waals surface area contributed by atoms with Crippen molar-refractivity contribution in [3.05, 3.63) is 65.6 Å². The zero-order valence-corrected chi connectivity index (χ0v) is 11.9. The number of H-pyrrole nitrogens is 1. The molecule has 0 aliphatic carbocycles. The molecule has 3 aromatic heterocycles. The van der Waals surface area contributed by atoms with E-state index in [2.05, 4.69) is 56.2 Å². The lowest BCUT2D eigenvalue weighted by Crippen LogP contribution is -2.32. The molecule has 5 nitrogen and oxygen atoms in total. The molecule has 0 saturated carbocycles. The first-order chi connectivity index (χ1) is 10.3. The molecule has 3 aromatic rings. The zero-order valence-electron chi connectivity index (χ0n) is 11.9. The minimum absolute atomic E-state index is 0.109. The standard InChI is InChI=1S/C16H17N5/c1-11-4-6-17-14(9-11)21-8-2-3-13(21)16-15-12(5-7-18-16)19-10-20-15/h2-4,6,8-10,16,18H,5,7H2,1H3,(H,19,20). The van der Waals surface area contributed by atoms with Crippen molar-refractivity contribution in [2.75, 3.05) is 6.54 Å². The third-order valence-electron chi connectivity index (χ3n) is 3.97. The molecule has 106 valence electrons. The second kappa shape index (κ2) is 4.86. The molecule has 0 spiro atoms. The molecular weight excluding hydrogens is 262 g/mol. The maximum atomic E-state index is 4.49. The summed E-state index contributed by atoms with van der Waals surface area (Å²) in [4.78, 5) is 12.2. The molecule has 1 unspecified atom stereocenters. The normalized spacial score (nSPS) is 17.7. The molecule has 0 radical (unpaired) electrons. The lowest BCUT2D eigenvalue weighted by molar-refractivity contribution is 0.536. The largest absolute Gasteiger partial charge is 0.348 e. The van der Waals surface area contributed by atoms with Crippen molar-refractivity contribution < 1.29 is 0 Å². The summed E-state index contributed by atoms with van der Waals surface area (Å²) in [5, 5.41) is 3.56. The van der Waals surface area contributed by atoms with E-state index in [1.165, 1.54) is 17.0 Å². The average Bonchev–Trinajstić information content (AvgIpc) is 3.16. The number of hydrogen-bond donors (Lipinski definition) is 2. The van der Waals surface area contributed by atoms with E-state index in [0.717, 1.165) is 24.5 Å². The predicted molar refractivity (Wildman–Crippen MR) is 80.4 cm³/mol. The highest BCUT2D eigenvalue weighted by atomic mass is 15.1. The lowest BCUT2D eigenvalue weighted by Gasteiger charge is -2.24. The van der Waals surface area contributed by atoms with Gasteiger partial charge in [-0.2, -0.15) is 0 Å². The van der Waals surface area contributed by atoms with E-state index >= 15 is 0 Å². The fraction of sp³-hybridized carbons (Fsp3) is 0.250. The van der Waals surface area contributed by atoms with Crippen molar-refractivity contribution in [1.29, 1.82) is 0 Å². The van der Waals surface area contributed by atoms with Crippen LogP contribution in [0.1, 0.15) is 28.7 Å². The van der Waals surface area contributed by atoms with Crippen LogP contribution in [-0.4, -0.2) is 26.1 Å². The monoisotopic (exact) mass is 279 g/mol. The summed E-state index contributed by atoms with van der Waals surface area (Å²) in [7, 11) is 0. The third kappa shape index (κ3) is 2.06. The number of pyridine rings is 1. The maximum absolute atomic E-state index is 4.49. The SMILES string of the molecule is Cc1ccnc(-n2cccc2C2NCCc3[nH]cnc32)c1. The smallest absolute Gasteiger partial charge is 0.137 e. The van der Waals surface area contributed by atoms with Crippen molar-refractivity contribution >= 4 is 0 Å². The number of imidazole rings is 1. The van der Waals surface area contributed by atoms with Gasteiger partial charge in [-0.1, -0.05) is 0 Å². The van der Waals surface area contributed by atoms with Crippen molar-refractivity contribution in [3.8, 4) is 5.82 Å². The molecule has 1 aliphatic rings. The number of rotatable bonds is 2. The molecule has 0 aromatic carbocycles. The Morgan fingerprint density at radius 2 is 2.24 bits per heavy atom. The Morgan fingerprint density at radius 1 is 1.29 bits per heavy atom. The van der Waals surface area contributed by atoms with E-state index < -0.39 is 0 Å². The van der Waals surface area contributed by atoms with Crippen molar-refractivity contribution in [2.45, 2.75) is 19.4 Å². The molecule has 4 heterocycles. The predicted octanol–water partition coefficient (Wildman–Crippen LogP) is 2.14. The summed E-state index contributed by atoms with van der Waals surface area (Å²) in [6.45, 7) is 3.03. The molecule has 0 amide bonds. The van der Waals surface area contributed by atoms with Crippen molar-refractivity contribution in [1.82, 2.24) is 24.8 Å². The van der Waals surface area contributed by atoms with Gasteiger partial charge < -0.3 is 14.9 Å². The van der Waals surface area contributed by atoms with Gasteiger partial charge in [-0.15, -0.1) is 0 Å². The fourth-order valence-electron chi connectivity index (χ4n) is 2.95. The number of nitrogens with zero attached hydrogens (tertiary/aromatic N) is 3. The van der Waals surface area contributed by atoms with Gasteiger partial charge in [-0.3, -0.25) is 0 Å². The number of fused-ring (bicyclic) bond motifs is 1. The van der Waals surface area contributed by atoms with Crippen molar-refractivity contribution in [3.63, 3.8) is 0 Å². The Kier molecular flexibility index (Phi) is 2.86. The molecule has 5 heteroatoms. The van der Waals surface area contributed by atoms with Gasteiger partial charge in [-0.05, 0) is 36.8 Å². The molecule has 4 rings (SSSR count).